The van der Waals surface area contributed by atoms with E-state index in [9.17, 15) is 0 Å². The van der Waals surface area contributed by atoms with E-state index >= 15 is 0 Å². The fourth-order valence-corrected chi connectivity index (χ4v) is 1.19. The minimum absolute atomic E-state index is 0.742. The predicted octanol–water partition coefficient (Wildman–Crippen LogP) is 1.95. The molecule has 1 aromatic rings. The first-order valence-corrected chi connectivity index (χ1v) is 5.11. The summed E-state index contributed by atoms with van der Waals surface area (Å²) in [6, 6.07) is 7.68. The Morgan fingerprint density at radius 1 is 1.40 bits per heavy atom. The number of hydrogen-bond donors (Lipinski definition) is 2. The van der Waals surface area contributed by atoms with Crippen LogP contribution in [0.4, 0.5) is 0 Å². The minimum atomic E-state index is 0.742. The second kappa shape index (κ2) is 5.96. The Kier molecular flexibility index (Phi) is 4.54. The Bertz CT molecular complexity index is 317. The Hall–Kier alpha value is -1.64. The molecule has 15 heavy (non-hydrogen) atoms. The van der Waals surface area contributed by atoms with Crippen molar-refractivity contribution in [3.05, 3.63) is 36.0 Å². The molecular formula is C12H18N2O. The first-order chi connectivity index (χ1) is 7.27. The van der Waals surface area contributed by atoms with E-state index in [1.54, 1.807) is 7.11 Å². The second-order valence-electron chi connectivity index (χ2n) is 3.28. The number of benzene rings is 1. The zero-order valence-corrected chi connectivity index (χ0v) is 9.29. The van der Waals surface area contributed by atoms with Crippen LogP contribution in [0.5, 0.6) is 5.75 Å². The summed E-state index contributed by atoms with van der Waals surface area (Å²) in [6.45, 7) is 3.06. The van der Waals surface area contributed by atoms with Crippen molar-refractivity contribution < 1.29 is 4.74 Å². The van der Waals surface area contributed by atoms with Gasteiger partial charge in [0.2, 0.25) is 0 Å². The molecule has 0 heterocycles. The van der Waals surface area contributed by atoms with Gasteiger partial charge in [-0.05, 0) is 36.2 Å². The van der Waals surface area contributed by atoms with Crippen LogP contribution in [0.3, 0.4) is 0 Å². The maximum atomic E-state index is 5.89. The number of methoxy groups -OCH3 is 1. The molecule has 0 atom stereocenters. The summed E-state index contributed by atoms with van der Waals surface area (Å²) in [7, 11) is 1.65. The van der Waals surface area contributed by atoms with Gasteiger partial charge in [0.15, 0.2) is 0 Å². The highest BCUT2D eigenvalue weighted by molar-refractivity contribution is 5.62. The summed E-state index contributed by atoms with van der Waals surface area (Å²) in [5.74, 6) is 0.841. The molecule has 0 fully saturated rings. The maximum Gasteiger partial charge on any atom is 0.118 e. The van der Waals surface area contributed by atoms with E-state index in [-0.39, 0.29) is 0 Å². The lowest BCUT2D eigenvalue weighted by molar-refractivity contribution is 0.415. The van der Waals surface area contributed by atoms with Crippen molar-refractivity contribution in [1.82, 2.24) is 5.32 Å². The number of ether oxygens (including phenoxy) is 1. The van der Waals surface area contributed by atoms with E-state index in [1.807, 2.05) is 30.5 Å². The molecule has 0 aliphatic heterocycles. The molecule has 0 saturated heterocycles. The molecule has 0 bridgehead atoms. The molecule has 1 rings (SSSR count). The molecule has 0 aliphatic carbocycles. The van der Waals surface area contributed by atoms with Crippen LogP contribution in [0.15, 0.2) is 30.5 Å². The summed E-state index contributed by atoms with van der Waals surface area (Å²) in [4.78, 5) is 0. The van der Waals surface area contributed by atoms with Gasteiger partial charge in [0, 0.05) is 12.7 Å². The summed E-state index contributed by atoms with van der Waals surface area (Å²) in [5, 5.41) is 3.14. The lowest BCUT2D eigenvalue weighted by Crippen LogP contribution is -2.09. The first kappa shape index (κ1) is 11.4. The first-order valence-electron chi connectivity index (χ1n) is 5.11. The maximum absolute atomic E-state index is 5.89. The topological polar surface area (TPSA) is 47.3 Å². The van der Waals surface area contributed by atoms with Crippen LogP contribution in [0.1, 0.15) is 18.9 Å². The van der Waals surface area contributed by atoms with Crippen molar-refractivity contribution in [3.8, 4) is 5.75 Å². The molecular weight excluding hydrogens is 188 g/mol. The third-order valence-corrected chi connectivity index (χ3v) is 2.08. The zero-order chi connectivity index (χ0) is 11.1. The highest BCUT2D eigenvalue weighted by atomic mass is 16.5. The third kappa shape index (κ3) is 3.54. The molecule has 0 radical (unpaired) electrons. The van der Waals surface area contributed by atoms with Gasteiger partial charge in [-0.1, -0.05) is 6.92 Å². The zero-order valence-electron chi connectivity index (χ0n) is 9.29. The van der Waals surface area contributed by atoms with Crippen LogP contribution in [0, 0.1) is 0 Å². The lowest BCUT2D eigenvalue weighted by atomic mass is 10.1. The van der Waals surface area contributed by atoms with Crippen molar-refractivity contribution in [2.45, 2.75) is 13.3 Å². The van der Waals surface area contributed by atoms with E-state index < -0.39 is 0 Å². The van der Waals surface area contributed by atoms with Gasteiger partial charge in [0.05, 0.1) is 12.8 Å². The smallest absolute Gasteiger partial charge is 0.118 e. The van der Waals surface area contributed by atoms with Crippen molar-refractivity contribution in [1.29, 1.82) is 0 Å². The monoisotopic (exact) mass is 206 g/mol. The summed E-state index contributed by atoms with van der Waals surface area (Å²) in [5.41, 5.74) is 7.63. The van der Waals surface area contributed by atoms with Crippen molar-refractivity contribution in [2.75, 3.05) is 13.7 Å². The highest BCUT2D eigenvalue weighted by Gasteiger charge is 1.96. The van der Waals surface area contributed by atoms with Crippen LogP contribution in [0.25, 0.3) is 5.70 Å². The van der Waals surface area contributed by atoms with E-state index in [1.165, 1.54) is 0 Å². The Balaban J connectivity index is 2.65. The van der Waals surface area contributed by atoms with Crippen LogP contribution in [-0.2, 0) is 0 Å². The van der Waals surface area contributed by atoms with Crippen LogP contribution in [-0.4, -0.2) is 13.7 Å². The van der Waals surface area contributed by atoms with Gasteiger partial charge in [0.1, 0.15) is 5.75 Å². The van der Waals surface area contributed by atoms with E-state index in [4.69, 9.17) is 10.5 Å². The van der Waals surface area contributed by atoms with Crippen LogP contribution in [0.2, 0.25) is 0 Å². The van der Waals surface area contributed by atoms with Gasteiger partial charge in [0.25, 0.3) is 0 Å². The van der Waals surface area contributed by atoms with E-state index in [2.05, 4.69) is 12.2 Å². The number of nitrogens with two attached hydrogens (primary N) is 1. The fraction of sp³-hybridized carbons (Fsp3) is 0.333. The standard InChI is InChI=1S/C12H18N2O/c1-3-8-14-9-12(13)10-4-6-11(15-2)7-5-10/h4-7,9,14H,3,8,13H2,1-2H3/b12-9-. The molecule has 0 aliphatic rings. The fourth-order valence-electron chi connectivity index (χ4n) is 1.19. The van der Waals surface area contributed by atoms with Crippen molar-refractivity contribution in [2.24, 2.45) is 5.73 Å². The molecule has 0 spiro atoms. The largest absolute Gasteiger partial charge is 0.497 e. The van der Waals surface area contributed by atoms with E-state index in [0.29, 0.717) is 0 Å². The van der Waals surface area contributed by atoms with Gasteiger partial charge in [-0.15, -0.1) is 0 Å². The number of hydrogen-bond acceptors (Lipinski definition) is 3. The molecule has 0 amide bonds. The Morgan fingerprint density at radius 3 is 2.60 bits per heavy atom. The van der Waals surface area contributed by atoms with Crippen molar-refractivity contribution in [3.63, 3.8) is 0 Å². The second-order valence-corrected chi connectivity index (χ2v) is 3.28. The Morgan fingerprint density at radius 2 is 2.07 bits per heavy atom. The molecule has 1 aromatic carbocycles. The minimum Gasteiger partial charge on any atom is -0.497 e. The molecule has 0 unspecified atom stereocenters. The summed E-state index contributed by atoms with van der Waals surface area (Å²) >= 11 is 0. The van der Waals surface area contributed by atoms with Crippen LogP contribution < -0.4 is 15.8 Å². The normalized spacial score (nSPS) is 11.2. The highest BCUT2D eigenvalue weighted by Crippen LogP contribution is 2.14. The number of nitrogens with one attached hydrogen (secondary N) is 1. The molecule has 3 heteroatoms. The summed E-state index contributed by atoms with van der Waals surface area (Å²) < 4.78 is 5.07. The average molecular weight is 206 g/mol. The number of rotatable bonds is 5. The van der Waals surface area contributed by atoms with Gasteiger partial charge in [-0.2, -0.15) is 0 Å². The third-order valence-electron chi connectivity index (χ3n) is 2.08. The van der Waals surface area contributed by atoms with Crippen LogP contribution >= 0.6 is 0 Å². The van der Waals surface area contributed by atoms with Gasteiger partial charge in [-0.3, -0.25) is 0 Å². The SMILES string of the molecule is CCCN/C=C(\N)c1ccc(OC)cc1. The van der Waals surface area contributed by atoms with Gasteiger partial charge < -0.3 is 15.8 Å². The van der Waals surface area contributed by atoms with Gasteiger partial charge >= 0.3 is 0 Å². The molecule has 82 valence electrons. The average Bonchev–Trinajstić information content (AvgIpc) is 2.29. The van der Waals surface area contributed by atoms with Gasteiger partial charge in [-0.25, -0.2) is 0 Å². The molecule has 3 N–H and O–H groups in total. The Labute approximate surface area is 90.9 Å². The summed E-state index contributed by atoms with van der Waals surface area (Å²) in [6.07, 6.45) is 2.93. The lowest BCUT2D eigenvalue weighted by Gasteiger charge is -2.04. The van der Waals surface area contributed by atoms with E-state index in [0.717, 1.165) is 30.0 Å². The quantitative estimate of drug-likeness (QED) is 0.724. The predicted molar refractivity (Wildman–Crippen MR) is 63.5 cm³/mol. The molecule has 0 aromatic heterocycles. The van der Waals surface area contributed by atoms with Crippen molar-refractivity contribution >= 4 is 5.70 Å². The molecule has 0 saturated carbocycles. The molecule has 3 nitrogen and oxygen atoms in total.